The van der Waals surface area contributed by atoms with Crippen LogP contribution in [-0.2, 0) is 31.7 Å². The van der Waals surface area contributed by atoms with Crippen molar-refractivity contribution in [1.29, 1.82) is 0 Å². The second kappa shape index (κ2) is 11.9. The number of hydrogen-bond acceptors (Lipinski definition) is 5. The molecular formula is C9H12N4O3S2Zn. The van der Waals surface area contributed by atoms with Gasteiger partial charge in [-0.05, 0) is 25.3 Å². The van der Waals surface area contributed by atoms with E-state index < -0.39 is 5.09 Å². The molecule has 1 aromatic heterocycles. The zero-order chi connectivity index (χ0) is 14.0. The third-order valence-electron chi connectivity index (χ3n) is 1.43. The summed E-state index contributed by atoms with van der Waals surface area (Å²) in [5.41, 5.74) is 5.61. The van der Waals surface area contributed by atoms with Gasteiger partial charge in [-0.25, -0.2) is 0 Å². The molecule has 0 amide bonds. The monoisotopic (exact) mass is 352 g/mol. The van der Waals surface area contributed by atoms with Gasteiger partial charge in [0.25, 0.3) is 5.09 Å². The van der Waals surface area contributed by atoms with E-state index in [-0.39, 0.29) is 19.5 Å². The molecule has 1 aromatic rings. The van der Waals surface area contributed by atoms with Gasteiger partial charge >= 0.3 is 0 Å². The first-order valence-corrected chi connectivity index (χ1v) is 6.23. The number of rotatable bonds is 2. The predicted molar refractivity (Wildman–Crippen MR) is 76.0 cm³/mol. The minimum atomic E-state index is -1.50. The fraction of sp³-hybridized carbons (Fsp3) is 0.222. The van der Waals surface area contributed by atoms with Crippen LogP contribution in [0.5, 0.6) is 0 Å². The molecule has 0 unspecified atom stereocenters. The van der Waals surface area contributed by atoms with Crippen molar-refractivity contribution >= 4 is 34.5 Å². The van der Waals surface area contributed by atoms with Crippen LogP contribution in [0, 0.1) is 17.0 Å². The summed E-state index contributed by atoms with van der Waals surface area (Å²) in [5, 5.41) is 17.5. The van der Waals surface area contributed by atoms with Crippen molar-refractivity contribution in [3.8, 4) is 0 Å². The Balaban J connectivity index is 0. The van der Waals surface area contributed by atoms with Crippen molar-refractivity contribution in [2.45, 2.75) is 6.92 Å². The summed E-state index contributed by atoms with van der Waals surface area (Å²) in [6.45, 7) is 1.94. The van der Waals surface area contributed by atoms with Gasteiger partial charge in [-0.2, -0.15) is 0 Å². The number of pyridine rings is 1. The van der Waals surface area contributed by atoms with E-state index in [4.69, 9.17) is 15.3 Å². The first-order chi connectivity index (χ1) is 8.45. The van der Waals surface area contributed by atoms with E-state index in [1.807, 2.05) is 31.4 Å². The smallest absolute Gasteiger partial charge is 0.291 e. The Morgan fingerprint density at radius 3 is 2.74 bits per heavy atom. The molecule has 0 fully saturated rings. The van der Waals surface area contributed by atoms with Crippen LogP contribution in [0.2, 0.25) is 0 Å². The van der Waals surface area contributed by atoms with Crippen molar-refractivity contribution in [2.24, 2.45) is 5.10 Å². The molecule has 100 valence electrons. The largest absolute Gasteiger partial charge is 0.520 e. The van der Waals surface area contributed by atoms with Crippen LogP contribution in [-0.4, -0.2) is 32.1 Å². The summed E-state index contributed by atoms with van der Waals surface area (Å²) < 4.78 is 0.633. The van der Waals surface area contributed by atoms with Gasteiger partial charge in [0.1, 0.15) is 0 Å². The molecule has 0 saturated carbocycles. The molecule has 7 nitrogen and oxygen atoms in total. The molecule has 0 aromatic carbocycles. The fourth-order valence-electron chi connectivity index (χ4n) is 0.814. The Hall–Kier alpha value is -1.12. The van der Waals surface area contributed by atoms with E-state index in [9.17, 15) is 0 Å². The van der Waals surface area contributed by atoms with Crippen LogP contribution in [0.1, 0.15) is 11.4 Å². The summed E-state index contributed by atoms with van der Waals surface area (Å²) in [4.78, 5) is 12.6. The van der Waals surface area contributed by atoms with E-state index in [1.165, 1.54) is 11.8 Å². The topological polar surface area (TPSA) is 103 Å². The Labute approximate surface area is 132 Å². The van der Waals surface area contributed by atoms with Crippen molar-refractivity contribution in [3.63, 3.8) is 0 Å². The predicted octanol–water partition coefficient (Wildman–Crippen LogP) is 1.48. The summed E-state index contributed by atoms with van der Waals surface area (Å²) in [5.74, 6) is 0. The molecular weight excluding hydrogens is 342 g/mol. The Kier molecular flexibility index (Phi) is 12.7. The van der Waals surface area contributed by atoms with E-state index >= 15 is 0 Å². The fourth-order valence-corrected chi connectivity index (χ4v) is 0.995. The first kappa shape index (κ1) is 20.2. The van der Waals surface area contributed by atoms with E-state index in [0.717, 1.165) is 11.4 Å². The van der Waals surface area contributed by atoms with Gasteiger partial charge in [-0.3, -0.25) is 4.98 Å². The van der Waals surface area contributed by atoms with Crippen LogP contribution in [0.4, 0.5) is 0 Å². The van der Waals surface area contributed by atoms with E-state index in [0.29, 0.717) is 4.32 Å². The van der Waals surface area contributed by atoms with Gasteiger partial charge in [-0.15, -0.1) is 10.1 Å². The van der Waals surface area contributed by atoms with Crippen LogP contribution in [0.25, 0.3) is 5.43 Å². The van der Waals surface area contributed by atoms with Crippen molar-refractivity contribution in [1.82, 2.24) is 4.98 Å². The molecule has 10 heteroatoms. The second-order valence-electron chi connectivity index (χ2n) is 2.77. The molecule has 19 heavy (non-hydrogen) atoms. The van der Waals surface area contributed by atoms with Crippen molar-refractivity contribution in [2.75, 3.05) is 6.26 Å². The number of hydrogen-bond donors (Lipinski definition) is 1. The molecule has 0 aliphatic heterocycles. The molecule has 0 atom stereocenters. The molecule has 0 spiro atoms. The average Bonchev–Trinajstić information content (AvgIpc) is 2.28. The maximum atomic E-state index is 8.36. The number of nitrogens with zero attached hydrogens (tertiary/aromatic N) is 4. The zero-order valence-electron chi connectivity index (χ0n) is 10.4. The second-order valence-corrected chi connectivity index (χ2v) is 4.29. The summed E-state index contributed by atoms with van der Waals surface area (Å²) >= 11 is 5.52. The van der Waals surface area contributed by atoms with Crippen LogP contribution >= 0.6 is 11.8 Å². The molecule has 1 rings (SSSR count). The third kappa shape index (κ3) is 13.1. The van der Waals surface area contributed by atoms with Crippen molar-refractivity contribution in [3.05, 3.63) is 45.1 Å². The van der Waals surface area contributed by atoms with Crippen LogP contribution < -0.4 is 0 Å². The van der Waals surface area contributed by atoms with E-state index in [1.54, 1.807) is 6.21 Å². The summed E-state index contributed by atoms with van der Waals surface area (Å²) in [6, 6.07) is 5.75. The van der Waals surface area contributed by atoms with Crippen LogP contribution in [0.15, 0.2) is 23.3 Å². The van der Waals surface area contributed by atoms with Gasteiger partial charge in [-0.1, -0.05) is 17.8 Å². The SMILES string of the molecule is CSC(=[SH+])[N-]N=Cc1cccc(C)n1.O=[N+]([O-])O.[Zn]. The first-order valence-electron chi connectivity index (χ1n) is 4.56. The molecule has 1 heterocycles. The Morgan fingerprint density at radius 2 is 2.26 bits per heavy atom. The molecule has 0 saturated heterocycles. The quantitative estimate of drug-likeness (QED) is 0.165. The molecule has 0 aliphatic carbocycles. The molecule has 0 bridgehead atoms. The van der Waals surface area contributed by atoms with Gasteiger partial charge in [0, 0.05) is 31.4 Å². The minimum absolute atomic E-state index is 0. The summed E-state index contributed by atoms with van der Waals surface area (Å²) in [6.07, 6.45) is 3.51. The van der Waals surface area contributed by atoms with E-state index in [2.05, 4.69) is 27.7 Å². The Bertz CT molecular complexity index is 441. The normalized spacial score (nSPS) is 8.95. The van der Waals surface area contributed by atoms with Gasteiger partial charge in [0.05, 0.1) is 5.69 Å². The van der Waals surface area contributed by atoms with Gasteiger partial charge in [0.2, 0.25) is 0 Å². The number of thiol groups is 1. The maximum absolute atomic E-state index is 8.36. The third-order valence-corrected chi connectivity index (χ3v) is 2.51. The zero-order valence-corrected chi connectivity index (χ0v) is 15.1. The Morgan fingerprint density at radius 1 is 1.68 bits per heavy atom. The average molecular weight is 354 g/mol. The number of thioether (sulfide) groups is 1. The van der Waals surface area contributed by atoms with Gasteiger partial charge in [0.15, 0.2) is 16.5 Å². The molecule has 0 aliphatic rings. The molecule has 0 radical (unpaired) electrons. The van der Waals surface area contributed by atoms with Crippen molar-refractivity contribution < 1.29 is 29.8 Å². The van der Waals surface area contributed by atoms with Gasteiger partial charge < -0.3 is 15.7 Å². The summed E-state index contributed by atoms with van der Waals surface area (Å²) in [7, 11) is 0. The minimum Gasteiger partial charge on any atom is -0.520 e. The number of aryl methyl sites for hydroxylation is 1. The molecule has 1 N–H and O–H groups in total. The standard InChI is InChI=1S/C9H11N3S2.HNO3.Zn/c1-7-4-3-5-8(11-7)6-10-12-9(13)14-2;2-1(3)4;/h3-6H,1-2H3,(H,11,12,13);(H,2,3,4);. The van der Waals surface area contributed by atoms with Crippen LogP contribution in [0.3, 0.4) is 0 Å². The number of aromatic nitrogens is 1. The maximum Gasteiger partial charge on any atom is 0.291 e.